The molecule has 2 unspecified atom stereocenters. The monoisotopic (exact) mass is 378 g/mol. The lowest BCUT2D eigenvalue weighted by Crippen LogP contribution is -2.30. The normalized spacial score (nSPS) is 12.9. The number of amides is 1. The molecule has 0 aliphatic heterocycles. The Hall–Kier alpha value is -3.04. The number of halogens is 1. The Kier molecular flexibility index (Phi) is 7.21. The van der Waals surface area contributed by atoms with Gasteiger partial charge in [0, 0.05) is 12.7 Å². The van der Waals surface area contributed by atoms with Crippen LogP contribution in [-0.4, -0.2) is 45.0 Å². The van der Waals surface area contributed by atoms with Gasteiger partial charge in [-0.2, -0.15) is 0 Å². The fraction of sp³-hybridized carbons (Fsp3) is 0.278. The number of pyridine rings is 1. The molecule has 4 N–H and O–H groups in total. The predicted octanol–water partition coefficient (Wildman–Crippen LogP) is 1.63. The lowest BCUT2D eigenvalue weighted by atomic mass is 10.0. The standard InChI is InChI=1S/C18H19FN2O6/c19-14-12(17(24)25)6-8-20-15(14)16(23)13(22)7-9-21-18(26)27-10-11-4-2-1-3-5-11/h1-6,8,13,16,22-23H,7,9-10H2,(H,21,26)(H,24,25). The van der Waals surface area contributed by atoms with Crippen LogP contribution in [-0.2, 0) is 11.3 Å². The molecule has 1 aromatic carbocycles. The van der Waals surface area contributed by atoms with Crippen LogP contribution in [0.5, 0.6) is 0 Å². The van der Waals surface area contributed by atoms with Gasteiger partial charge < -0.3 is 25.4 Å². The van der Waals surface area contributed by atoms with Crippen molar-refractivity contribution >= 4 is 12.1 Å². The third-order valence-corrected chi connectivity index (χ3v) is 3.71. The number of alkyl carbamates (subject to hydrolysis) is 1. The molecule has 0 fully saturated rings. The number of aliphatic hydroxyl groups is 2. The Bertz CT molecular complexity index is 787. The zero-order valence-electron chi connectivity index (χ0n) is 14.2. The number of hydrogen-bond acceptors (Lipinski definition) is 6. The van der Waals surface area contributed by atoms with E-state index < -0.39 is 41.3 Å². The van der Waals surface area contributed by atoms with E-state index in [0.29, 0.717) is 0 Å². The first-order valence-corrected chi connectivity index (χ1v) is 8.08. The second kappa shape index (κ2) is 9.60. The molecule has 1 heterocycles. The van der Waals surface area contributed by atoms with E-state index >= 15 is 0 Å². The van der Waals surface area contributed by atoms with Crippen molar-refractivity contribution in [3.8, 4) is 0 Å². The van der Waals surface area contributed by atoms with Gasteiger partial charge in [0.25, 0.3) is 0 Å². The first-order valence-electron chi connectivity index (χ1n) is 8.08. The van der Waals surface area contributed by atoms with Crippen molar-refractivity contribution < 1.29 is 34.0 Å². The Labute approximate surface area is 154 Å². The first kappa shape index (κ1) is 20.3. The number of nitrogens with zero attached hydrogens (tertiary/aromatic N) is 1. The van der Waals surface area contributed by atoms with Gasteiger partial charge in [0.05, 0.1) is 11.7 Å². The summed E-state index contributed by atoms with van der Waals surface area (Å²) < 4.78 is 19.0. The number of rotatable bonds is 8. The maximum Gasteiger partial charge on any atom is 0.407 e. The number of carboxylic acid groups (broad SMARTS) is 1. The minimum absolute atomic E-state index is 0.0495. The van der Waals surface area contributed by atoms with Gasteiger partial charge >= 0.3 is 12.1 Å². The third-order valence-electron chi connectivity index (χ3n) is 3.71. The molecule has 144 valence electrons. The number of ether oxygens (including phenoxy) is 1. The van der Waals surface area contributed by atoms with Crippen LogP contribution in [0, 0.1) is 5.82 Å². The molecule has 2 rings (SSSR count). The molecular weight excluding hydrogens is 359 g/mol. The van der Waals surface area contributed by atoms with Gasteiger partial charge in [-0.25, -0.2) is 14.0 Å². The molecule has 27 heavy (non-hydrogen) atoms. The smallest absolute Gasteiger partial charge is 0.407 e. The second-order valence-electron chi connectivity index (χ2n) is 5.65. The van der Waals surface area contributed by atoms with Gasteiger partial charge in [-0.1, -0.05) is 30.3 Å². The molecule has 0 saturated heterocycles. The van der Waals surface area contributed by atoms with Gasteiger partial charge in [-0.3, -0.25) is 4.98 Å². The number of aromatic nitrogens is 1. The molecule has 0 bridgehead atoms. The molecular formula is C18H19FN2O6. The SMILES string of the molecule is O=C(NCCC(O)C(O)c1nccc(C(=O)O)c1F)OCc1ccccc1. The maximum absolute atomic E-state index is 14.0. The summed E-state index contributed by atoms with van der Waals surface area (Å²) in [4.78, 5) is 26.1. The van der Waals surface area contributed by atoms with E-state index in [-0.39, 0.29) is 19.6 Å². The summed E-state index contributed by atoms with van der Waals surface area (Å²) in [6.07, 6.45) is -3.02. The molecule has 0 spiro atoms. The zero-order chi connectivity index (χ0) is 19.8. The van der Waals surface area contributed by atoms with Crippen LogP contribution in [0.3, 0.4) is 0 Å². The van der Waals surface area contributed by atoms with Crippen molar-refractivity contribution in [1.82, 2.24) is 10.3 Å². The fourth-order valence-electron chi connectivity index (χ4n) is 2.27. The Balaban J connectivity index is 1.81. The highest BCUT2D eigenvalue weighted by molar-refractivity contribution is 5.87. The number of carboxylic acids is 1. The molecule has 2 aromatic rings. The second-order valence-corrected chi connectivity index (χ2v) is 5.65. The topological polar surface area (TPSA) is 129 Å². The van der Waals surface area contributed by atoms with Crippen LogP contribution in [0.15, 0.2) is 42.6 Å². The summed E-state index contributed by atoms with van der Waals surface area (Å²) in [7, 11) is 0. The summed E-state index contributed by atoms with van der Waals surface area (Å²) in [6.45, 7) is 0.0288. The first-order chi connectivity index (χ1) is 12.9. The van der Waals surface area contributed by atoms with Crippen LogP contribution in [0.2, 0.25) is 0 Å². The number of benzene rings is 1. The summed E-state index contributed by atoms with van der Waals surface area (Å²) in [5, 5.41) is 31.2. The van der Waals surface area contributed by atoms with Gasteiger partial charge in [0.15, 0.2) is 5.82 Å². The van der Waals surface area contributed by atoms with Crippen LogP contribution in [0.25, 0.3) is 0 Å². The van der Waals surface area contributed by atoms with Gasteiger partial charge in [-0.15, -0.1) is 0 Å². The van der Waals surface area contributed by atoms with Gasteiger partial charge in [-0.05, 0) is 18.1 Å². The van der Waals surface area contributed by atoms with Crippen LogP contribution in [0.4, 0.5) is 9.18 Å². The quantitative estimate of drug-likeness (QED) is 0.549. The number of carbonyl (C=O) groups excluding carboxylic acids is 1. The molecule has 2 atom stereocenters. The van der Waals surface area contributed by atoms with Crippen molar-refractivity contribution in [3.05, 3.63) is 65.2 Å². The van der Waals surface area contributed by atoms with E-state index in [9.17, 15) is 24.2 Å². The van der Waals surface area contributed by atoms with E-state index in [1.807, 2.05) is 6.07 Å². The highest BCUT2D eigenvalue weighted by Crippen LogP contribution is 2.21. The minimum Gasteiger partial charge on any atom is -0.478 e. The van der Waals surface area contributed by atoms with Crippen molar-refractivity contribution in [3.63, 3.8) is 0 Å². The molecule has 8 nitrogen and oxygen atoms in total. The molecule has 0 aliphatic rings. The number of aromatic carboxylic acids is 1. The van der Waals surface area contributed by atoms with Crippen molar-refractivity contribution in [2.75, 3.05) is 6.54 Å². The average Bonchev–Trinajstić information content (AvgIpc) is 2.66. The minimum atomic E-state index is -1.74. The summed E-state index contributed by atoms with van der Waals surface area (Å²) in [5.41, 5.74) is -0.425. The third kappa shape index (κ3) is 5.73. The average molecular weight is 378 g/mol. The summed E-state index contributed by atoms with van der Waals surface area (Å²) >= 11 is 0. The van der Waals surface area contributed by atoms with Crippen molar-refractivity contribution in [2.24, 2.45) is 0 Å². The van der Waals surface area contributed by atoms with Crippen molar-refractivity contribution in [1.29, 1.82) is 0 Å². The van der Waals surface area contributed by atoms with Crippen LogP contribution >= 0.6 is 0 Å². The van der Waals surface area contributed by atoms with E-state index in [4.69, 9.17) is 9.84 Å². The molecule has 9 heteroatoms. The van der Waals surface area contributed by atoms with E-state index in [1.54, 1.807) is 24.3 Å². The summed E-state index contributed by atoms with van der Waals surface area (Å²) in [6, 6.07) is 9.98. The number of carbonyl (C=O) groups is 2. The highest BCUT2D eigenvalue weighted by Gasteiger charge is 2.26. The lowest BCUT2D eigenvalue weighted by molar-refractivity contribution is 0.00875. The Morgan fingerprint density at radius 3 is 2.56 bits per heavy atom. The lowest BCUT2D eigenvalue weighted by Gasteiger charge is -2.18. The summed E-state index contributed by atoms with van der Waals surface area (Å²) in [5.74, 6) is -2.73. The Morgan fingerprint density at radius 1 is 1.19 bits per heavy atom. The highest BCUT2D eigenvalue weighted by atomic mass is 19.1. The largest absolute Gasteiger partial charge is 0.478 e. The van der Waals surface area contributed by atoms with E-state index in [2.05, 4.69) is 10.3 Å². The molecule has 0 aliphatic carbocycles. The van der Waals surface area contributed by atoms with E-state index in [1.165, 1.54) is 0 Å². The Morgan fingerprint density at radius 2 is 1.89 bits per heavy atom. The van der Waals surface area contributed by atoms with Crippen molar-refractivity contribution in [2.45, 2.75) is 25.2 Å². The maximum atomic E-state index is 14.0. The van der Waals surface area contributed by atoms with E-state index in [0.717, 1.165) is 17.8 Å². The van der Waals surface area contributed by atoms with Gasteiger partial charge in [0.2, 0.25) is 0 Å². The molecule has 1 amide bonds. The fourth-order valence-corrected chi connectivity index (χ4v) is 2.27. The molecule has 0 radical (unpaired) electrons. The zero-order valence-corrected chi connectivity index (χ0v) is 14.2. The number of nitrogens with one attached hydrogen (secondary N) is 1. The van der Waals surface area contributed by atoms with Gasteiger partial charge in [0.1, 0.15) is 18.4 Å². The molecule has 0 saturated carbocycles. The van der Waals surface area contributed by atoms with Crippen LogP contribution in [0.1, 0.15) is 34.1 Å². The van der Waals surface area contributed by atoms with Crippen LogP contribution < -0.4 is 5.32 Å². The number of aliphatic hydroxyl groups excluding tert-OH is 2. The predicted molar refractivity (Wildman–Crippen MR) is 91.4 cm³/mol. The molecule has 1 aromatic heterocycles. The number of hydrogen-bond donors (Lipinski definition) is 4.